The third-order valence-electron chi connectivity index (χ3n) is 1.62. The minimum atomic E-state index is 0.393. The summed E-state index contributed by atoms with van der Waals surface area (Å²) in [5.41, 5.74) is 5.53. The summed E-state index contributed by atoms with van der Waals surface area (Å²) >= 11 is 2.07. The Labute approximate surface area is 88.2 Å². The maximum Gasteiger partial charge on any atom is 0.217 e. The molecule has 0 aliphatic rings. The fraction of sp³-hybridized carbons (Fsp3) is 0.125. The molecule has 0 aliphatic carbocycles. The summed E-state index contributed by atoms with van der Waals surface area (Å²) in [4.78, 5) is 0. The van der Waals surface area contributed by atoms with Gasteiger partial charge in [-0.05, 0) is 41.6 Å². The Morgan fingerprint density at radius 3 is 2.69 bits per heavy atom. The van der Waals surface area contributed by atoms with Crippen molar-refractivity contribution in [1.29, 1.82) is 0 Å². The standard InChI is InChI=1S/C8H7IN2O2/c1-4-2-3-5(12-4)7-6(9)8(10)11-13-7/h2-3H,1H3,(H2,10,11). The zero-order valence-electron chi connectivity index (χ0n) is 6.87. The Kier molecular flexibility index (Phi) is 2.03. The minimum Gasteiger partial charge on any atom is -0.458 e. The van der Waals surface area contributed by atoms with Crippen LogP contribution in [0.3, 0.4) is 0 Å². The molecule has 2 N–H and O–H groups in total. The van der Waals surface area contributed by atoms with E-state index in [1.54, 1.807) is 0 Å². The number of hydrogen-bond acceptors (Lipinski definition) is 4. The molecule has 0 aromatic carbocycles. The molecule has 13 heavy (non-hydrogen) atoms. The Morgan fingerprint density at radius 1 is 1.46 bits per heavy atom. The normalized spacial score (nSPS) is 10.6. The quantitative estimate of drug-likeness (QED) is 0.819. The molecule has 0 fully saturated rings. The summed E-state index contributed by atoms with van der Waals surface area (Å²) in [5.74, 6) is 2.47. The molecular formula is C8H7IN2O2. The van der Waals surface area contributed by atoms with Gasteiger partial charge < -0.3 is 14.7 Å². The van der Waals surface area contributed by atoms with Gasteiger partial charge in [0.25, 0.3) is 0 Å². The first kappa shape index (κ1) is 8.61. The first-order valence-electron chi connectivity index (χ1n) is 3.66. The second-order valence-electron chi connectivity index (χ2n) is 2.62. The van der Waals surface area contributed by atoms with Crippen LogP contribution in [0.4, 0.5) is 5.82 Å². The Morgan fingerprint density at radius 2 is 2.23 bits per heavy atom. The highest BCUT2D eigenvalue weighted by Gasteiger charge is 2.15. The predicted molar refractivity (Wildman–Crippen MR) is 56.1 cm³/mol. The number of rotatable bonds is 1. The Hall–Kier alpha value is -0.980. The lowest BCUT2D eigenvalue weighted by Crippen LogP contribution is -1.85. The van der Waals surface area contributed by atoms with Gasteiger partial charge in [0.1, 0.15) is 9.33 Å². The smallest absolute Gasteiger partial charge is 0.217 e. The summed E-state index contributed by atoms with van der Waals surface area (Å²) in [6.45, 7) is 1.87. The van der Waals surface area contributed by atoms with E-state index in [1.807, 2.05) is 19.1 Å². The summed E-state index contributed by atoms with van der Waals surface area (Å²) < 4.78 is 11.2. The van der Waals surface area contributed by atoms with E-state index in [-0.39, 0.29) is 0 Å². The van der Waals surface area contributed by atoms with E-state index in [0.29, 0.717) is 17.3 Å². The lowest BCUT2D eigenvalue weighted by atomic mass is 10.3. The van der Waals surface area contributed by atoms with Gasteiger partial charge in [-0.3, -0.25) is 0 Å². The number of furan rings is 1. The van der Waals surface area contributed by atoms with Gasteiger partial charge in [0, 0.05) is 0 Å². The van der Waals surface area contributed by atoms with Crippen molar-refractivity contribution in [2.75, 3.05) is 5.73 Å². The number of aromatic nitrogens is 1. The van der Waals surface area contributed by atoms with Crippen LogP contribution in [-0.4, -0.2) is 5.16 Å². The van der Waals surface area contributed by atoms with Crippen molar-refractivity contribution in [2.45, 2.75) is 6.92 Å². The number of nitrogens with two attached hydrogens (primary N) is 1. The third-order valence-corrected chi connectivity index (χ3v) is 2.67. The summed E-state index contributed by atoms with van der Waals surface area (Å²) in [5, 5.41) is 3.64. The van der Waals surface area contributed by atoms with Gasteiger partial charge >= 0.3 is 0 Å². The van der Waals surface area contributed by atoms with Crippen molar-refractivity contribution in [3.8, 4) is 11.5 Å². The van der Waals surface area contributed by atoms with Crippen LogP contribution < -0.4 is 5.73 Å². The van der Waals surface area contributed by atoms with Gasteiger partial charge in [0.2, 0.25) is 5.76 Å². The molecule has 0 amide bonds. The average molecular weight is 290 g/mol. The fourth-order valence-electron chi connectivity index (χ4n) is 1.00. The Bertz CT molecular complexity index is 433. The monoisotopic (exact) mass is 290 g/mol. The van der Waals surface area contributed by atoms with Gasteiger partial charge in [0.05, 0.1) is 0 Å². The molecule has 2 heterocycles. The van der Waals surface area contributed by atoms with E-state index < -0.39 is 0 Å². The van der Waals surface area contributed by atoms with Crippen molar-refractivity contribution in [3.63, 3.8) is 0 Å². The second kappa shape index (κ2) is 3.06. The molecule has 2 aromatic rings. The molecule has 4 nitrogen and oxygen atoms in total. The maximum atomic E-state index is 5.53. The highest BCUT2D eigenvalue weighted by atomic mass is 127. The van der Waals surface area contributed by atoms with Crippen LogP contribution in [0.5, 0.6) is 0 Å². The highest BCUT2D eigenvalue weighted by Crippen LogP contribution is 2.29. The van der Waals surface area contributed by atoms with Gasteiger partial charge in [0.15, 0.2) is 11.6 Å². The van der Waals surface area contributed by atoms with Crippen LogP contribution in [0.2, 0.25) is 0 Å². The van der Waals surface area contributed by atoms with Gasteiger partial charge in [-0.15, -0.1) is 0 Å². The summed E-state index contributed by atoms with van der Waals surface area (Å²) in [6, 6.07) is 3.70. The maximum absolute atomic E-state index is 5.53. The molecule has 0 saturated heterocycles. The highest BCUT2D eigenvalue weighted by molar-refractivity contribution is 14.1. The van der Waals surface area contributed by atoms with Gasteiger partial charge in [-0.1, -0.05) is 5.16 Å². The van der Waals surface area contributed by atoms with Crippen LogP contribution in [-0.2, 0) is 0 Å². The number of halogens is 1. The number of nitrogen functional groups attached to an aromatic ring is 1. The molecule has 0 spiro atoms. The Balaban J connectivity index is 2.52. The zero-order chi connectivity index (χ0) is 9.42. The van der Waals surface area contributed by atoms with Crippen LogP contribution in [0.15, 0.2) is 21.1 Å². The van der Waals surface area contributed by atoms with Gasteiger partial charge in [-0.25, -0.2) is 0 Å². The molecule has 0 atom stereocenters. The molecule has 5 heteroatoms. The fourth-order valence-corrected chi connectivity index (χ4v) is 1.46. The predicted octanol–water partition coefficient (Wildman–Crippen LogP) is 2.43. The zero-order valence-corrected chi connectivity index (χ0v) is 9.03. The molecular weight excluding hydrogens is 283 g/mol. The van der Waals surface area contributed by atoms with E-state index >= 15 is 0 Å². The second-order valence-corrected chi connectivity index (χ2v) is 3.70. The first-order chi connectivity index (χ1) is 6.18. The van der Waals surface area contributed by atoms with E-state index in [0.717, 1.165) is 9.33 Å². The molecule has 0 radical (unpaired) electrons. The summed E-state index contributed by atoms with van der Waals surface area (Å²) in [7, 11) is 0. The lowest BCUT2D eigenvalue weighted by Gasteiger charge is -1.88. The minimum absolute atomic E-state index is 0.393. The van der Waals surface area contributed by atoms with Crippen molar-refractivity contribution in [3.05, 3.63) is 21.5 Å². The molecule has 0 bridgehead atoms. The molecule has 0 unspecified atom stereocenters. The van der Waals surface area contributed by atoms with Crippen LogP contribution in [0.25, 0.3) is 11.5 Å². The van der Waals surface area contributed by atoms with E-state index in [4.69, 9.17) is 14.7 Å². The first-order valence-corrected chi connectivity index (χ1v) is 4.74. The van der Waals surface area contributed by atoms with Crippen molar-refractivity contribution < 1.29 is 8.94 Å². The summed E-state index contributed by atoms with van der Waals surface area (Å²) in [6.07, 6.45) is 0. The molecule has 68 valence electrons. The number of nitrogens with zero attached hydrogens (tertiary/aromatic N) is 1. The number of aryl methyl sites for hydroxylation is 1. The van der Waals surface area contributed by atoms with Gasteiger partial charge in [-0.2, -0.15) is 0 Å². The topological polar surface area (TPSA) is 65.2 Å². The van der Waals surface area contributed by atoms with Crippen molar-refractivity contribution in [2.24, 2.45) is 0 Å². The molecule has 0 aliphatic heterocycles. The van der Waals surface area contributed by atoms with E-state index in [2.05, 4.69) is 27.7 Å². The van der Waals surface area contributed by atoms with Crippen LogP contribution in [0.1, 0.15) is 5.76 Å². The largest absolute Gasteiger partial charge is 0.458 e. The van der Waals surface area contributed by atoms with Crippen LogP contribution in [0, 0.1) is 10.5 Å². The third kappa shape index (κ3) is 1.43. The van der Waals surface area contributed by atoms with Crippen LogP contribution >= 0.6 is 22.6 Å². The average Bonchev–Trinajstić information content (AvgIpc) is 2.62. The van der Waals surface area contributed by atoms with E-state index in [9.17, 15) is 0 Å². The molecule has 2 rings (SSSR count). The SMILES string of the molecule is Cc1ccc(-c2onc(N)c2I)o1. The van der Waals surface area contributed by atoms with E-state index in [1.165, 1.54) is 0 Å². The number of hydrogen-bond donors (Lipinski definition) is 1. The molecule has 0 saturated carbocycles. The van der Waals surface area contributed by atoms with Crippen molar-refractivity contribution in [1.82, 2.24) is 5.16 Å². The van der Waals surface area contributed by atoms with Crippen molar-refractivity contribution >= 4 is 28.4 Å². The number of anilines is 1. The lowest BCUT2D eigenvalue weighted by molar-refractivity contribution is 0.417. The molecule has 2 aromatic heterocycles.